The molecule has 164 valence electrons. The second-order valence-electron chi connectivity index (χ2n) is 9.24. The van der Waals surface area contributed by atoms with E-state index < -0.39 is 0 Å². The molecule has 1 saturated heterocycles. The lowest BCUT2D eigenvalue weighted by Crippen LogP contribution is -2.20. The predicted octanol–water partition coefficient (Wildman–Crippen LogP) is 8.91. The molecule has 3 rings (SSSR count). The summed E-state index contributed by atoms with van der Waals surface area (Å²) in [7, 11) is 0. The summed E-state index contributed by atoms with van der Waals surface area (Å²) in [4.78, 5) is 0. The molecule has 0 N–H and O–H groups in total. The van der Waals surface area contributed by atoms with Crippen molar-refractivity contribution in [2.45, 2.75) is 97.0 Å². The van der Waals surface area contributed by atoms with Gasteiger partial charge < -0.3 is 4.74 Å². The van der Waals surface area contributed by atoms with Gasteiger partial charge in [0.2, 0.25) is 0 Å². The van der Waals surface area contributed by atoms with E-state index >= 15 is 0 Å². The van der Waals surface area contributed by atoms with Gasteiger partial charge in [-0.25, -0.2) is 0 Å². The van der Waals surface area contributed by atoms with Gasteiger partial charge in [0.1, 0.15) is 0 Å². The van der Waals surface area contributed by atoms with Gasteiger partial charge in [0.25, 0.3) is 0 Å². The van der Waals surface area contributed by atoms with Crippen LogP contribution in [0.25, 0.3) is 11.1 Å². The summed E-state index contributed by atoms with van der Waals surface area (Å²) >= 11 is 0. The van der Waals surface area contributed by atoms with E-state index in [9.17, 15) is 0 Å². The highest BCUT2D eigenvalue weighted by atomic mass is 16.5. The maximum Gasteiger partial charge on any atom is 0.0825 e. The Morgan fingerprint density at radius 1 is 0.700 bits per heavy atom. The van der Waals surface area contributed by atoms with Crippen LogP contribution in [0.5, 0.6) is 0 Å². The number of aryl methyl sites for hydroxylation is 1. The highest BCUT2D eigenvalue weighted by Crippen LogP contribution is 2.33. The summed E-state index contributed by atoms with van der Waals surface area (Å²) in [5.41, 5.74) is 5.43. The lowest BCUT2D eigenvalue weighted by Gasteiger charge is -2.29. The zero-order valence-electron chi connectivity index (χ0n) is 19.4. The van der Waals surface area contributed by atoms with Gasteiger partial charge in [0, 0.05) is 0 Å². The third-order valence-electron chi connectivity index (χ3n) is 6.72. The van der Waals surface area contributed by atoms with E-state index in [0.717, 1.165) is 12.5 Å². The summed E-state index contributed by atoms with van der Waals surface area (Å²) < 4.78 is 6.23. The Labute approximate surface area is 185 Å². The molecule has 0 bridgehead atoms. The first-order valence-corrected chi connectivity index (χ1v) is 12.6. The number of hydrogen-bond acceptors (Lipinski definition) is 1. The average molecular weight is 407 g/mol. The van der Waals surface area contributed by atoms with E-state index in [4.69, 9.17) is 4.74 Å². The quantitative estimate of drug-likeness (QED) is 0.320. The van der Waals surface area contributed by atoms with E-state index in [1.165, 1.54) is 99.3 Å². The summed E-state index contributed by atoms with van der Waals surface area (Å²) in [5.74, 6) is 0.775. The second kappa shape index (κ2) is 13.0. The van der Waals surface area contributed by atoms with Crippen LogP contribution < -0.4 is 0 Å². The van der Waals surface area contributed by atoms with E-state index in [-0.39, 0.29) is 6.10 Å². The Kier molecular flexibility index (Phi) is 9.96. The lowest BCUT2D eigenvalue weighted by atomic mass is 9.90. The molecular weight excluding hydrogens is 364 g/mol. The lowest BCUT2D eigenvalue weighted by molar-refractivity contribution is -0.0198. The zero-order chi connectivity index (χ0) is 21.0. The van der Waals surface area contributed by atoms with Gasteiger partial charge in [-0.1, -0.05) is 107 Å². The molecule has 0 amide bonds. The SMILES string of the molecule is CCCCCCCc1ccc(-c2ccc(C3CCC(CCCCC)CO3)cc2)cc1. The molecule has 1 aliphatic heterocycles. The van der Waals surface area contributed by atoms with Crippen LogP contribution in [0.1, 0.15) is 102 Å². The standard InChI is InChI=1S/C29H42O/c1-3-5-7-8-10-11-24-13-16-26(17-14-24)27-18-20-28(21-19-27)29-22-15-25(23-30-29)12-9-6-4-2/h13-14,16-21,25,29H,3-12,15,22-23H2,1-2H3. The smallest absolute Gasteiger partial charge is 0.0825 e. The Bertz CT molecular complexity index is 692. The van der Waals surface area contributed by atoms with Gasteiger partial charge in [-0.15, -0.1) is 0 Å². The predicted molar refractivity (Wildman–Crippen MR) is 130 cm³/mol. The van der Waals surface area contributed by atoms with Crippen LogP contribution in [0.4, 0.5) is 0 Å². The third-order valence-corrected chi connectivity index (χ3v) is 6.72. The first-order valence-electron chi connectivity index (χ1n) is 12.6. The molecule has 0 aromatic heterocycles. The fourth-order valence-electron chi connectivity index (χ4n) is 4.67. The van der Waals surface area contributed by atoms with E-state index in [2.05, 4.69) is 62.4 Å². The van der Waals surface area contributed by atoms with Crippen LogP contribution >= 0.6 is 0 Å². The minimum atomic E-state index is 0.288. The first-order chi connectivity index (χ1) is 14.8. The highest BCUT2D eigenvalue weighted by molar-refractivity contribution is 5.64. The minimum absolute atomic E-state index is 0.288. The minimum Gasteiger partial charge on any atom is -0.373 e. The fraction of sp³-hybridized carbons (Fsp3) is 0.586. The van der Waals surface area contributed by atoms with Crippen LogP contribution in [0.2, 0.25) is 0 Å². The molecule has 1 fully saturated rings. The van der Waals surface area contributed by atoms with Crippen molar-refractivity contribution in [3.63, 3.8) is 0 Å². The molecule has 2 aromatic carbocycles. The van der Waals surface area contributed by atoms with Gasteiger partial charge in [-0.2, -0.15) is 0 Å². The van der Waals surface area contributed by atoms with Crippen molar-refractivity contribution in [1.82, 2.24) is 0 Å². The maximum absolute atomic E-state index is 6.23. The Morgan fingerprint density at radius 3 is 1.97 bits per heavy atom. The monoisotopic (exact) mass is 406 g/mol. The number of unbranched alkanes of at least 4 members (excludes halogenated alkanes) is 6. The number of hydrogen-bond donors (Lipinski definition) is 0. The molecule has 2 aromatic rings. The first kappa shape index (κ1) is 23.1. The van der Waals surface area contributed by atoms with Crippen molar-refractivity contribution < 1.29 is 4.74 Å². The summed E-state index contributed by atoms with van der Waals surface area (Å²) in [6.45, 7) is 5.50. The zero-order valence-corrected chi connectivity index (χ0v) is 19.4. The molecular formula is C29H42O. The van der Waals surface area contributed by atoms with Crippen molar-refractivity contribution in [3.05, 3.63) is 59.7 Å². The van der Waals surface area contributed by atoms with Crippen LogP contribution in [-0.4, -0.2) is 6.61 Å². The maximum atomic E-state index is 6.23. The van der Waals surface area contributed by atoms with Crippen LogP contribution in [0.15, 0.2) is 48.5 Å². The normalized spacial score (nSPS) is 19.1. The van der Waals surface area contributed by atoms with E-state index in [0.29, 0.717) is 0 Å². The molecule has 30 heavy (non-hydrogen) atoms. The summed E-state index contributed by atoms with van der Waals surface area (Å²) in [5, 5.41) is 0. The number of benzene rings is 2. The largest absolute Gasteiger partial charge is 0.373 e. The molecule has 0 saturated carbocycles. The van der Waals surface area contributed by atoms with Gasteiger partial charge in [0.15, 0.2) is 0 Å². The molecule has 1 heteroatoms. The molecule has 0 spiro atoms. The number of rotatable bonds is 12. The average Bonchev–Trinajstić information content (AvgIpc) is 2.80. The molecule has 2 unspecified atom stereocenters. The molecule has 1 aliphatic rings. The van der Waals surface area contributed by atoms with E-state index in [1.54, 1.807) is 0 Å². The summed E-state index contributed by atoms with van der Waals surface area (Å²) in [6.07, 6.45) is 16.1. The molecule has 2 atom stereocenters. The molecule has 0 aliphatic carbocycles. The van der Waals surface area contributed by atoms with E-state index in [1.807, 2.05) is 0 Å². The Hall–Kier alpha value is -1.60. The van der Waals surface area contributed by atoms with Crippen LogP contribution in [-0.2, 0) is 11.2 Å². The summed E-state index contributed by atoms with van der Waals surface area (Å²) in [6, 6.07) is 18.3. The fourth-order valence-corrected chi connectivity index (χ4v) is 4.67. The van der Waals surface area contributed by atoms with Gasteiger partial charge in [0.05, 0.1) is 12.7 Å². The second-order valence-corrected chi connectivity index (χ2v) is 9.24. The Balaban J connectivity index is 1.46. The molecule has 1 nitrogen and oxygen atoms in total. The van der Waals surface area contributed by atoms with Crippen molar-refractivity contribution in [2.24, 2.45) is 5.92 Å². The Morgan fingerprint density at radius 2 is 1.33 bits per heavy atom. The van der Waals surface area contributed by atoms with Crippen molar-refractivity contribution >= 4 is 0 Å². The van der Waals surface area contributed by atoms with Crippen LogP contribution in [0.3, 0.4) is 0 Å². The topological polar surface area (TPSA) is 9.23 Å². The molecule has 1 heterocycles. The van der Waals surface area contributed by atoms with Gasteiger partial charge in [-0.3, -0.25) is 0 Å². The van der Waals surface area contributed by atoms with Crippen molar-refractivity contribution in [1.29, 1.82) is 0 Å². The highest BCUT2D eigenvalue weighted by Gasteiger charge is 2.22. The number of ether oxygens (including phenoxy) is 1. The third kappa shape index (κ3) is 7.27. The van der Waals surface area contributed by atoms with Crippen molar-refractivity contribution in [3.8, 4) is 11.1 Å². The van der Waals surface area contributed by atoms with Gasteiger partial charge in [-0.05, 0) is 60.3 Å². The molecule has 0 radical (unpaired) electrons. The van der Waals surface area contributed by atoms with Crippen LogP contribution in [0, 0.1) is 5.92 Å². The van der Waals surface area contributed by atoms with Gasteiger partial charge >= 0.3 is 0 Å². The van der Waals surface area contributed by atoms with Crippen molar-refractivity contribution in [2.75, 3.05) is 6.61 Å².